The van der Waals surface area contributed by atoms with E-state index < -0.39 is 23.9 Å². The molecule has 1 aliphatic carbocycles. The van der Waals surface area contributed by atoms with Crippen molar-refractivity contribution in [2.45, 2.75) is 32.0 Å². The summed E-state index contributed by atoms with van der Waals surface area (Å²) in [7, 11) is 0. The topological polar surface area (TPSA) is 88.8 Å². The normalized spacial score (nSPS) is 15.2. The number of carbonyl (C=O) groups excluding carboxylic acids is 1. The van der Waals surface area contributed by atoms with Gasteiger partial charge < -0.3 is 19.6 Å². The highest BCUT2D eigenvalue weighted by Crippen LogP contribution is 2.40. The van der Waals surface area contributed by atoms with E-state index in [0.717, 1.165) is 25.0 Å². The Hall–Kier alpha value is -3.14. The summed E-state index contributed by atoms with van der Waals surface area (Å²) in [6, 6.07) is 4.72. The Labute approximate surface area is 169 Å². The Balaban J connectivity index is 1.65. The predicted octanol–water partition coefficient (Wildman–Crippen LogP) is 3.84. The first-order valence-electron chi connectivity index (χ1n) is 9.45. The van der Waals surface area contributed by atoms with Crippen molar-refractivity contribution in [2.24, 2.45) is 5.92 Å². The lowest BCUT2D eigenvalue weighted by molar-refractivity contribution is -0.141. The second kappa shape index (κ2) is 7.60. The standard InChI is InChI=1S/C20H19F3N4O3/c1-2-30-15-8-17-25-14(18(28)11-6-7-11)10-27(17)9-13(15)26-19(29)12-4-3-5-16(24-12)20(21,22)23/h3-5,8-11,18,28H,2,6-7H2,1H3,(H,26,29)/t18-/m0/s1. The van der Waals surface area contributed by atoms with Crippen LogP contribution in [0.3, 0.4) is 0 Å². The quantitative estimate of drug-likeness (QED) is 0.633. The molecule has 0 saturated heterocycles. The van der Waals surface area contributed by atoms with Crippen LogP contribution in [0.25, 0.3) is 5.65 Å². The highest BCUT2D eigenvalue weighted by Gasteiger charge is 2.33. The number of imidazole rings is 1. The number of aliphatic hydroxyl groups excluding tert-OH is 1. The molecule has 1 amide bonds. The molecule has 0 spiro atoms. The maximum Gasteiger partial charge on any atom is 0.433 e. The van der Waals surface area contributed by atoms with E-state index >= 15 is 0 Å². The third kappa shape index (κ3) is 4.09. The molecule has 3 heterocycles. The molecule has 3 aromatic heterocycles. The van der Waals surface area contributed by atoms with E-state index in [-0.39, 0.29) is 17.3 Å². The molecule has 1 atom stereocenters. The van der Waals surface area contributed by atoms with Crippen molar-refractivity contribution in [3.8, 4) is 5.75 Å². The fraction of sp³-hybridized carbons (Fsp3) is 0.350. The van der Waals surface area contributed by atoms with Crippen LogP contribution in [-0.4, -0.2) is 32.0 Å². The molecule has 1 aliphatic rings. The van der Waals surface area contributed by atoms with Crippen LogP contribution in [0.2, 0.25) is 0 Å². The molecule has 0 radical (unpaired) electrons. The average Bonchev–Trinajstić information content (AvgIpc) is 3.47. The minimum atomic E-state index is -4.65. The number of carbonyl (C=O) groups is 1. The van der Waals surface area contributed by atoms with Crippen LogP contribution in [0, 0.1) is 5.92 Å². The van der Waals surface area contributed by atoms with Gasteiger partial charge in [-0.25, -0.2) is 9.97 Å². The SMILES string of the molecule is CCOc1cc2nc([C@@H](O)C3CC3)cn2cc1NC(=O)c1cccc(C(F)(F)F)n1. The van der Waals surface area contributed by atoms with Gasteiger partial charge in [0.2, 0.25) is 0 Å². The number of anilines is 1. The summed E-state index contributed by atoms with van der Waals surface area (Å²) in [5.74, 6) is -0.296. The second-order valence-electron chi connectivity index (χ2n) is 7.06. The third-order valence-electron chi connectivity index (χ3n) is 4.77. The predicted molar refractivity (Wildman–Crippen MR) is 101 cm³/mol. The van der Waals surface area contributed by atoms with Gasteiger partial charge in [-0.1, -0.05) is 6.07 Å². The highest BCUT2D eigenvalue weighted by atomic mass is 19.4. The lowest BCUT2D eigenvalue weighted by Crippen LogP contribution is -2.17. The van der Waals surface area contributed by atoms with Gasteiger partial charge in [0.1, 0.15) is 34.6 Å². The van der Waals surface area contributed by atoms with Crippen molar-refractivity contribution in [3.63, 3.8) is 0 Å². The molecule has 7 nitrogen and oxygen atoms in total. The minimum absolute atomic E-state index is 0.201. The molecule has 4 rings (SSSR count). The van der Waals surface area contributed by atoms with E-state index in [0.29, 0.717) is 23.7 Å². The molecule has 0 bridgehead atoms. The monoisotopic (exact) mass is 420 g/mol. The Morgan fingerprint density at radius 3 is 2.77 bits per heavy atom. The van der Waals surface area contributed by atoms with E-state index in [1.165, 1.54) is 6.07 Å². The number of aromatic nitrogens is 3. The Morgan fingerprint density at radius 1 is 1.33 bits per heavy atom. The van der Waals surface area contributed by atoms with E-state index in [2.05, 4.69) is 15.3 Å². The van der Waals surface area contributed by atoms with E-state index in [4.69, 9.17) is 4.74 Å². The van der Waals surface area contributed by atoms with Crippen LogP contribution in [-0.2, 0) is 6.18 Å². The second-order valence-corrected chi connectivity index (χ2v) is 7.06. The first-order chi connectivity index (χ1) is 14.3. The van der Waals surface area contributed by atoms with Gasteiger partial charge in [0.25, 0.3) is 5.91 Å². The zero-order valence-corrected chi connectivity index (χ0v) is 16.0. The van der Waals surface area contributed by atoms with E-state index in [1.54, 1.807) is 29.8 Å². The number of amides is 1. The van der Waals surface area contributed by atoms with Crippen LogP contribution in [0.15, 0.2) is 36.7 Å². The highest BCUT2D eigenvalue weighted by molar-refractivity contribution is 6.03. The van der Waals surface area contributed by atoms with Crippen molar-refractivity contribution in [1.82, 2.24) is 14.4 Å². The van der Waals surface area contributed by atoms with Gasteiger partial charge in [-0.05, 0) is 37.8 Å². The Bertz CT molecular complexity index is 1090. The number of hydrogen-bond donors (Lipinski definition) is 2. The first kappa shape index (κ1) is 20.1. The molecule has 1 fully saturated rings. The molecule has 0 unspecified atom stereocenters. The van der Waals surface area contributed by atoms with Crippen LogP contribution < -0.4 is 10.1 Å². The molecule has 158 valence electrons. The molecule has 0 aliphatic heterocycles. The summed E-state index contributed by atoms with van der Waals surface area (Å²) in [5.41, 5.74) is -0.239. The molecule has 2 N–H and O–H groups in total. The molecule has 0 aromatic carbocycles. The number of pyridine rings is 2. The number of fused-ring (bicyclic) bond motifs is 1. The lowest BCUT2D eigenvalue weighted by Gasteiger charge is -2.12. The van der Waals surface area contributed by atoms with Crippen molar-refractivity contribution in [3.05, 3.63) is 53.7 Å². The maximum absolute atomic E-state index is 12.9. The lowest BCUT2D eigenvalue weighted by atomic mass is 10.2. The van der Waals surface area contributed by atoms with Crippen LogP contribution in [0.4, 0.5) is 18.9 Å². The molecule has 30 heavy (non-hydrogen) atoms. The van der Waals surface area contributed by atoms with Crippen LogP contribution in [0.5, 0.6) is 5.75 Å². The molecule has 10 heteroatoms. The van der Waals surface area contributed by atoms with E-state index in [1.807, 2.05) is 0 Å². The summed E-state index contributed by atoms with van der Waals surface area (Å²) in [6.07, 6.45) is -0.211. The number of rotatable bonds is 6. The molecule has 1 saturated carbocycles. The minimum Gasteiger partial charge on any atom is -0.491 e. The summed E-state index contributed by atoms with van der Waals surface area (Å²) < 4.78 is 45.8. The van der Waals surface area contributed by atoms with Crippen molar-refractivity contribution in [2.75, 3.05) is 11.9 Å². The number of ether oxygens (including phenoxy) is 1. The fourth-order valence-electron chi connectivity index (χ4n) is 3.11. The molecular formula is C20H19F3N4O3. The third-order valence-corrected chi connectivity index (χ3v) is 4.77. The number of alkyl halides is 3. The summed E-state index contributed by atoms with van der Waals surface area (Å²) >= 11 is 0. The van der Waals surface area contributed by atoms with Gasteiger partial charge in [-0.3, -0.25) is 4.79 Å². The Kier molecular flexibility index (Phi) is 5.10. The van der Waals surface area contributed by atoms with Crippen molar-refractivity contribution >= 4 is 17.2 Å². The van der Waals surface area contributed by atoms with Gasteiger partial charge in [0.15, 0.2) is 0 Å². The summed E-state index contributed by atoms with van der Waals surface area (Å²) in [5, 5.41) is 12.9. The zero-order chi connectivity index (χ0) is 21.5. The van der Waals surface area contributed by atoms with Gasteiger partial charge >= 0.3 is 6.18 Å². The number of halogens is 3. The number of nitrogens with zero attached hydrogens (tertiary/aromatic N) is 3. The zero-order valence-electron chi connectivity index (χ0n) is 16.0. The van der Waals surface area contributed by atoms with Crippen molar-refractivity contribution < 1.29 is 27.8 Å². The van der Waals surface area contributed by atoms with Gasteiger partial charge in [-0.2, -0.15) is 13.2 Å². The summed E-state index contributed by atoms with van der Waals surface area (Å²) in [6.45, 7) is 2.07. The smallest absolute Gasteiger partial charge is 0.433 e. The Morgan fingerprint density at radius 2 is 2.10 bits per heavy atom. The van der Waals surface area contributed by atoms with Gasteiger partial charge in [0, 0.05) is 18.5 Å². The van der Waals surface area contributed by atoms with Crippen LogP contribution in [0.1, 0.15) is 47.7 Å². The van der Waals surface area contributed by atoms with Crippen LogP contribution >= 0.6 is 0 Å². The first-order valence-corrected chi connectivity index (χ1v) is 9.45. The van der Waals surface area contributed by atoms with E-state index in [9.17, 15) is 23.1 Å². The average molecular weight is 420 g/mol. The van der Waals surface area contributed by atoms with Gasteiger partial charge in [-0.15, -0.1) is 0 Å². The molecular weight excluding hydrogens is 401 g/mol. The largest absolute Gasteiger partial charge is 0.491 e. The number of aliphatic hydroxyl groups is 1. The fourth-order valence-corrected chi connectivity index (χ4v) is 3.11. The summed E-state index contributed by atoms with van der Waals surface area (Å²) in [4.78, 5) is 20.4. The van der Waals surface area contributed by atoms with Gasteiger partial charge in [0.05, 0.1) is 12.3 Å². The maximum atomic E-state index is 12.9. The molecule has 3 aromatic rings. The number of nitrogens with one attached hydrogen (secondary N) is 1. The number of hydrogen-bond acceptors (Lipinski definition) is 5. The van der Waals surface area contributed by atoms with Crippen molar-refractivity contribution in [1.29, 1.82) is 0 Å².